The zero-order chi connectivity index (χ0) is 23.4. The highest BCUT2D eigenvalue weighted by Crippen LogP contribution is 2.26. The van der Waals surface area contributed by atoms with Gasteiger partial charge in [0.2, 0.25) is 0 Å². The number of halogens is 1. The highest BCUT2D eigenvalue weighted by atomic mass is 19.1. The molecule has 0 spiro atoms. The van der Waals surface area contributed by atoms with Gasteiger partial charge in [-0.15, -0.1) is 0 Å². The van der Waals surface area contributed by atoms with Crippen LogP contribution in [0.2, 0.25) is 0 Å². The molecule has 0 aliphatic heterocycles. The van der Waals surface area contributed by atoms with Crippen LogP contribution in [0, 0.1) is 5.82 Å². The van der Waals surface area contributed by atoms with Crippen molar-refractivity contribution < 1.29 is 18.7 Å². The number of carbonyl (C=O) groups excluding carboxylic acids is 2. The van der Waals surface area contributed by atoms with Crippen molar-refractivity contribution in [3.8, 4) is 5.75 Å². The predicted molar refractivity (Wildman–Crippen MR) is 125 cm³/mol. The third-order valence-electron chi connectivity index (χ3n) is 5.04. The van der Waals surface area contributed by atoms with Gasteiger partial charge in [-0.05, 0) is 55.0 Å². The summed E-state index contributed by atoms with van der Waals surface area (Å²) < 4.78 is 19.1. The number of nitrogens with one attached hydrogen (secondary N) is 3. The van der Waals surface area contributed by atoms with Crippen molar-refractivity contribution in [2.75, 3.05) is 13.2 Å². The van der Waals surface area contributed by atoms with E-state index in [0.717, 1.165) is 10.8 Å². The standard InChI is InChI=1S/C25H25FN4O3/c1-15(2)28-24(31)14-33-22-12-17-6-4-3-5-16(17)11-19(22)25(32)27-10-9-23-29-20-8-7-18(26)13-21(20)30-23/h3-8,11-13,15H,9-10,14H2,1-2H3,(H,27,32)(H,28,31)(H,29,30). The number of imidazole rings is 1. The minimum Gasteiger partial charge on any atom is -0.483 e. The summed E-state index contributed by atoms with van der Waals surface area (Å²) >= 11 is 0. The molecule has 0 radical (unpaired) electrons. The zero-order valence-electron chi connectivity index (χ0n) is 18.4. The van der Waals surface area contributed by atoms with E-state index in [-0.39, 0.29) is 30.3 Å². The molecule has 0 aliphatic carbocycles. The summed E-state index contributed by atoms with van der Waals surface area (Å²) in [7, 11) is 0. The van der Waals surface area contributed by atoms with Crippen molar-refractivity contribution in [2.24, 2.45) is 0 Å². The van der Waals surface area contributed by atoms with E-state index in [2.05, 4.69) is 20.6 Å². The van der Waals surface area contributed by atoms with Crippen molar-refractivity contribution in [1.29, 1.82) is 0 Å². The largest absolute Gasteiger partial charge is 0.483 e. The third kappa shape index (κ3) is 5.46. The number of amides is 2. The van der Waals surface area contributed by atoms with Crippen LogP contribution in [0.3, 0.4) is 0 Å². The van der Waals surface area contributed by atoms with E-state index in [9.17, 15) is 14.0 Å². The highest BCUT2D eigenvalue weighted by Gasteiger charge is 2.16. The van der Waals surface area contributed by atoms with Crippen molar-refractivity contribution in [3.05, 3.63) is 71.8 Å². The van der Waals surface area contributed by atoms with Crippen molar-refractivity contribution in [1.82, 2.24) is 20.6 Å². The zero-order valence-corrected chi connectivity index (χ0v) is 18.4. The lowest BCUT2D eigenvalue weighted by molar-refractivity contribution is -0.123. The maximum Gasteiger partial charge on any atom is 0.258 e. The second-order valence-electron chi connectivity index (χ2n) is 8.06. The molecule has 8 heteroatoms. The van der Waals surface area contributed by atoms with Crippen molar-refractivity contribution >= 4 is 33.6 Å². The minimum absolute atomic E-state index is 0.00443. The van der Waals surface area contributed by atoms with E-state index in [1.54, 1.807) is 18.2 Å². The Bertz CT molecular complexity index is 1320. The second kappa shape index (κ2) is 9.68. The first-order valence-corrected chi connectivity index (χ1v) is 10.8. The van der Waals surface area contributed by atoms with Crippen LogP contribution in [-0.4, -0.2) is 41.0 Å². The average Bonchev–Trinajstić information content (AvgIpc) is 3.18. The van der Waals surface area contributed by atoms with Gasteiger partial charge in [0.15, 0.2) is 6.61 Å². The summed E-state index contributed by atoms with van der Waals surface area (Å²) in [5, 5.41) is 7.44. The van der Waals surface area contributed by atoms with E-state index in [0.29, 0.717) is 41.1 Å². The molecule has 0 saturated carbocycles. The fourth-order valence-electron chi connectivity index (χ4n) is 3.57. The molecule has 33 heavy (non-hydrogen) atoms. The molecule has 0 aliphatic rings. The Morgan fingerprint density at radius 3 is 2.61 bits per heavy atom. The Balaban J connectivity index is 1.47. The van der Waals surface area contributed by atoms with Crippen molar-refractivity contribution in [2.45, 2.75) is 26.3 Å². The molecule has 4 aromatic rings. The van der Waals surface area contributed by atoms with E-state index in [4.69, 9.17) is 4.74 Å². The number of ether oxygens (including phenoxy) is 1. The van der Waals surface area contributed by atoms with E-state index in [1.807, 2.05) is 38.1 Å². The summed E-state index contributed by atoms with van der Waals surface area (Å²) in [6, 6.07) is 15.5. The van der Waals surface area contributed by atoms with Crippen LogP contribution in [0.15, 0.2) is 54.6 Å². The molecule has 3 N–H and O–H groups in total. The molecular weight excluding hydrogens is 423 g/mol. The lowest BCUT2D eigenvalue weighted by Crippen LogP contribution is -2.34. The smallest absolute Gasteiger partial charge is 0.258 e. The maximum absolute atomic E-state index is 13.4. The number of carbonyl (C=O) groups is 2. The number of rotatable bonds is 8. The lowest BCUT2D eigenvalue weighted by atomic mass is 10.1. The molecule has 0 saturated heterocycles. The number of hydrogen-bond acceptors (Lipinski definition) is 4. The van der Waals surface area contributed by atoms with Gasteiger partial charge < -0.3 is 20.4 Å². The summed E-state index contributed by atoms with van der Waals surface area (Å²) in [4.78, 5) is 32.5. The van der Waals surface area contributed by atoms with Gasteiger partial charge in [-0.1, -0.05) is 24.3 Å². The van der Waals surface area contributed by atoms with Crippen LogP contribution in [-0.2, 0) is 11.2 Å². The first-order valence-electron chi connectivity index (χ1n) is 10.8. The number of H-pyrrole nitrogens is 1. The molecule has 1 aromatic heterocycles. The van der Waals surface area contributed by atoms with Gasteiger partial charge in [-0.2, -0.15) is 0 Å². The van der Waals surface area contributed by atoms with Crippen LogP contribution in [0.1, 0.15) is 30.0 Å². The van der Waals surface area contributed by atoms with Crippen molar-refractivity contribution in [3.63, 3.8) is 0 Å². The van der Waals surface area contributed by atoms with Crippen LogP contribution >= 0.6 is 0 Å². The molecule has 0 bridgehead atoms. The van der Waals surface area contributed by atoms with E-state index < -0.39 is 0 Å². The Kier molecular flexibility index (Phi) is 6.53. The number of fused-ring (bicyclic) bond motifs is 2. The van der Waals surface area contributed by atoms with Gasteiger partial charge in [0.05, 0.1) is 16.6 Å². The molecule has 170 valence electrons. The molecule has 7 nitrogen and oxygen atoms in total. The van der Waals surface area contributed by atoms with Crippen LogP contribution in [0.5, 0.6) is 5.75 Å². The Morgan fingerprint density at radius 1 is 1.09 bits per heavy atom. The fraction of sp³-hybridized carbons (Fsp3) is 0.240. The fourth-order valence-corrected chi connectivity index (χ4v) is 3.57. The summed E-state index contributed by atoms with van der Waals surface area (Å²) in [5.41, 5.74) is 1.63. The second-order valence-corrected chi connectivity index (χ2v) is 8.06. The number of hydrogen-bond donors (Lipinski definition) is 3. The van der Waals surface area contributed by atoms with E-state index >= 15 is 0 Å². The topological polar surface area (TPSA) is 96.1 Å². The van der Waals surface area contributed by atoms with Gasteiger partial charge in [-0.3, -0.25) is 9.59 Å². The van der Waals surface area contributed by atoms with Gasteiger partial charge >= 0.3 is 0 Å². The number of nitrogens with zero attached hydrogens (tertiary/aromatic N) is 1. The van der Waals surface area contributed by atoms with Crippen LogP contribution in [0.25, 0.3) is 21.8 Å². The Hall–Kier alpha value is -3.94. The number of benzene rings is 3. The van der Waals surface area contributed by atoms with Gasteiger partial charge in [0, 0.05) is 19.0 Å². The summed E-state index contributed by atoms with van der Waals surface area (Å²) in [6.45, 7) is 3.87. The minimum atomic E-state index is -0.336. The SMILES string of the molecule is CC(C)NC(=O)COc1cc2ccccc2cc1C(=O)NCCc1nc2ccc(F)cc2[nH]1. The average molecular weight is 448 g/mol. The molecule has 0 fully saturated rings. The molecule has 3 aromatic carbocycles. The third-order valence-corrected chi connectivity index (χ3v) is 5.04. The first-order chi connectivity index (χ1) is 15.9. The quantitative estimate of drug-likeness (QED) is 0.383. The van der Waals surface area contributed by atoms with Crippen LogP contribution in [0.4, 0.5) is 4.39 Å². The van der Waals surface area contributed by atoms with E-state index in [1.165, 1.54) is 12.1 Å². The molecule has 0 unspecified atom stereocenters. The maximum atomic E-state index is 13.4. The first kappa shape index (κ1) is 22.3. The van der Waals surface area contributed by atoms with Crippen LogP contribution < -0.4 is 15.4 Å². The molecule has 1 heterocycles. The highest BCUT2D eigenvalue weighted by molar-refractivity contribution is 6.01. The predicted octanol–water partition coefficient (Wildman–Crippen LogP) is 3.73. The van der Waals surface area contributed by atoms with Gasteiger partial charge in [0.1, 0.15) is 17.4 Å². The molecule has 2 amide bonds. The monoisotopic (exact) mass is 448 g/mol. The van der Waals surface area contributed by atoms with Gasteiger partial charge in [-0.25, -0.2) is 9.37 Å². The summed E-state index contributed by atoms with van der Waals surface area (Å²) in [5.74, 6) is 0.0745. The Morgan fingerprint density at radius 2 is 1.85 bits per heavy atom. The Labute approximate surface area is 190 Å². The summed E-state index contributed by atoms with van der Waals surface area (Å²) in [6.07, 6.45) is 0.447. The molecular formula is C25H25FN4O3. The van der Waals surface area contributed by atoms with Gasteiger partial charge in [0.25, 0.3) is 11.8 Å². The number of aromatic amines is 1. The molecule has 0 atom stereocenters. The molecule has 4 rings (SSSR count). The lowest BCUT2D eigenvalue weighted by Gasteiger charge is -2.14. The normalized spacial score (nSPS) is 11.2. The number of aromatic nitrogens is 2.